The van der Waals surface area contributed by atoms with Crippen molar-refractivity contribution in [2.45, 2.75) is 6.92 Å². The number of benzene rings is 3. The Kier molecular flexibility index (Phi) is 5.62. The van der Waals surface area contributed by atoms with E-state index in [2.05, 4.69) is 10.6 Å². The van der Waals surface area contributed by atoms with E-state index in [1.165, 1.54) is 6.92 Å². The average molecular weight is 411 g/mol. The molecule has 0 spiro atoms. The predicted octanol–water partition coefficient (Wildman–Crippen LogP) is 5.12. The summed E-state index contributed by atoms with van der Waals surface area (Å²) in [7, 11) is 1.58. The van der Waals surface area contributed by atoms with Gasteiger partial charge in [0, 0.05) is 29.2 Å². The minimum absolute atomic E-state index is 0.178. The normalized spacial score (nSPS) is 10.5. The maximum absolute atomic E-state index is 13.3. The van der Waals surface area contributed by atoms with Crippen LogP contribution in [0.5, 0.6) is 5.75 Å². The molecule has 4 rings (SSSR count). The van der Waals surface area contributed by atoms with Crippen LogP contribution in [-0.2, 0) is 4.79 Å². The van der Waals surface area contributed by atoms with Crippen LogP contribution in [0.2, 0.25) is 0 Å². The van der Waals surface area contributed by atoms with Crippen molar-refractivity contribution in [3.8, 4) is 17.0 Å². The Bertz CT molecular complexity index is 1270. The minimum atomic E-state index is -0.280. The van der Waals surface area contributed by atoms with E-state index in [0.29, 0.717) is 39.3 Å². The number of methoxy groups -OCH3 is 1. The molecule has 0 bridgehead atoms. The van der Waals surface area contributed by atoms with Crippen molar-refractivity contribution >= 4 is 34.1 Å². The molecule has 0 aliphatic heterocycles. The summed E-state index contributed by atoms with van der Waals surface area (Å²) in [5.74, 6) is 0.185. The Morgan fingerprint density at radius 3 is 2.29 bits per heavy atom. The number of anilines is 2. The van der Waals surface area contributed by atoms with Gasteiger partial charge in [-0.3, -0.25) is 9.59 Å². The third kappa shape index (κ3) is 4.53. The van der Waals surface area contributed by atoms with Gasteiger partial charge >= 0.3 is 0 Å². The molecule has 0 unspecified atom stereocenters. The second kappa shape index (κ2) is 8.67. The summed E-state index contributed by atoms with van der Waals surface area (Å²) in [6.45, 7) is 1.44. The first-order chi connectivity index (χ1) is 15.0. The SMILES string of the molecule is COc1ccc2nc(-c3ccccc3)cc(C(=O)Nc3cccc(NC(C)=O)c3)c2c1. The summed E-state index contributed by atoms with van der Waals surface area (Å²) >= 11 is 0. The van der Waals surface area contributed by atoms with Crippen molar-refractivity contribution in [3.63, 3.8) is 0 Å². The van der Waals surface area contributed by atoms with Crippen molar-refractivity contribution in [3.05, 3.63) is 84.4 Å². The summed E-state index contributed by atoms with van der Waals surface area (Å²) in [4.78, 5) is 29.3. The van der Waals surface area contributed by atoms with Crippen LogP contribution in [0.3, 0.4) is 0 Å². The predicted molar refractivity (Wildman–Crippen MR) is 122 cm³/mol. The van der Waals surface area contributed by atoms with Gasteiger partial charge in [0.25, 0.3) is 5.91 Å². The first-order valence-electron chi connectivity index (χ1n) is 9.77. The van der Waals surface area contributed by atoms with E-state index in [-0.39, 0.29) is 11.8 Å². The molecule has 31 heavy (non-hydrogen) atoms. The van der Waals surface area contributed by atoms with Crippen LogP contribution in [0.15, 0.2) is 78.9 Å². The summed E-state index contributed by atoms with van der Waals surface area (Å²) in [6.07, 6.45) is 0. The second-order valence-electron chi connectivity index (χ2n) is 7.02. The van der Waals surface area contributed by atoms with E-state index in [0.717, 1.165) is 5.56 Å². The fourth-order valence-corrected chi connectivity index (χ4v) is 3.35. The summed E-state index contributed by atoms with van der Waals surface area (Å²) < 4.78 is 5.34. The van der Waals surface area contributed by atoms with Gasteiger partial charge in [0.2, 0.25) is 5.91 Å². The van der Waals surface area contributed by atoms with Gasteiger partial charge in [0.1, 0.15) is 5.75 Å². The molecule has 0 atom stereocenters. The molecule has 3 aromatic carbocycles. The number of carbonyl (C=O) groups excluding carboxylic acids is 2. The maximum Gasteiger partial charge on any atom is 0.256 e. The Balaban J connectivity index is 1.77. The highest BCUT2D eigenvalue weighted by Gasteiger charge is 2.15. The van der Waals surface area contributed by atoms with Gasteiger partial charge in [-0.2, -0.15) is 0 Å². The molecular formula is C25H21N3O3. The Labute approximate surface area is 179 Å². The number of ether oxygens (including phenoxy) is 1. The van der Waals surface area contributed by atoms with Crippen molar-refractivity contribution in [2.24, 2.45) is 0 Å². The monoisotopic (exact) mass is 411 g/mol. The summed E-state index contributed by atoms with van der Waals surface area (Å²) in [6, 6.07) is 24.0. The highest BCUT2D eigenvalue weighted by atomic mass is 16.5. The van der Waals surface area contributed by atoms with Crippen molar-refractivity contribution in [1.82, 2.24) is 4.98 Å². The number of nitrogens with zero attached hydrogens (tertiary/aromatic N) is 1. The number of hydrogen-bond acceptors (Lipinski definition) is 4. The third-order valence-electron chi connectivity index (χ3n) is 4.77. The molecule has 0 radical (unpaired) electrons. The Morgan fingerprint density at radius 1 is 0.839 bits per heavy atom. The molecule has 2 amide bonds. The number of carbonyl (C=O) groups is 2. The number of amides is 2. The molecule has 6 heteroatoms. The molecule has 1 aromatic heterocycles. The average Bonchev–Trinajstić information content (AvgIpc) is 2.78. The number of pyridine rings is 1. The Hall–Kier alpha value is -4.19. The molecule has 6 nitrogen and oxygen atoms in total. The van der Waals surface area contributed by atoms with Crippen molar-refractivity contribution in [1.29, 1.82) is 0 Å². The minimum Gasteiger partial charge on any atom is -0.497 e. The smallest absolute Gasteiger partial charge is 0.256 e. The van der Waals surface area contributed by atoms with E-state index in [1.54, 1.807) is 43.5 Å². The molecular weight excluding hydrogens is 390 g/mol. The number of aromatic nitrogens is 1. The van der Waals surface area contributed by atoms with E-state index in [9.17, 15) is 9.59 Å². The zero-order valence-corrected chi connectivity index (χ0v) is 17.2. The van der Waals surface area contributed by atoms with E-state index in [4.69, 9.17) is 9.72 Å². The molecule has 4 aromatic rings. The molecule has 0 fully saturated rings. The lowest BCUT2D eigenvalue weighted by Crippen LogP contribution is -2.14. The van der Waals surface area contributed by atoms with Crippen molar-refractivity contribution < 1.29 is 14.3 Å². The topological polar surface area (TPSA) is 80.3 Å². The number of nitrogens with one attached hydrogen (secondary N) is 2. The highest BCUT2D eigenvalue weighted by Crippen LogP contribution is 2.28. The fourth-order valence-electron chi connectivity index (χ4n) is 3.35. The summed E-state index contributed by atoms with van der Waals surface area (Å²) in [5, 5.41) is 6.33. The van der Waals surface area contributed by atoms with Gasteiger partial charge < -0.3 is 15.4 Å². The van der Waals surface area contributed by atoms with Crippen LogP contribution in [0.4, 0.5) is 11.4 Å². The first kappa shape index (κ1) is 20.1. The standard InChI is InChI=1S/C25H21N3O3/c1-16(29)26-18-9-6-10-19(13-18)27-25(30)22-15-24(17-7-4-3-5-8-17)28-23-12-11-20(31-2)14-21(22)23/h3-15H,1-2H3,(H,26,29)(H,27,30). The van der Waals surface area contributed by atoms with Gasteiger partial charge in [-0.1, -0.05) is 36.4 Å². The van der Waals surface area contributed by atoms with Crippen molar-refractivity contribution in [2.75, 3.05) is 17.7 Å². The first-order valence-corrected chi connectivity index (χ1v) is 9.77. The molecule has 0 saturated heterocycles. The maximum atomic E-state index is 13.3. The second-order valence-corrected chi connectivity index (χ2v) is 7.02. The van der Waals surface area contributed by atoms with E-state index >= 15 is 0 Å². The lowest BCUT2D eigenvalue weighted by Gasteiger charge is -2.12. The quantitative estimate of drug-likeness (QED) is 0.478. The largest absolute Gasteiger partial charge is 0.497 e. The zero-order chi connectivity index (χ0) is 21.8. The fraction of sp³-hybridized carbons (Fsp3) is 0.0800. The highest BCUT2D eigenvalue weighted by molar-refractivity contribution is 6.13. The van der Waals surface area contributed by atoms with Crippen LogP contribution in [-0.4, -0.2) is 23.9 Å². The number of fused-ring (bicyclic) bond motifs is 1. The van der Waals surface area contributed by atoms with Crippen LogP contribution in [0, 0.1) is 0 Å². The molecule has 2 N–H and O–H groups in total. The van der Waals surface area contributed by atoms with Gasteiger partial charge in [-0.25, -0.2) is 4.98 Å². The summed E-state index contributed by atoms with van der Waals surface area (Å²) in [5.41, 5.74) is 3.98. The van der Waals surface area contributed by atoms with E-state index < -0.39 is 0 Å². The molecule has 154 valence electrons. The number of rotatable bonds is 5. The molecule has 0 saturated carbocycles. The lowest BCUT2D eigenvalue weighted by molar-refractivity contribution is -0.114. The van der Waals surface area contributed by atoms with E-state index in [1.807, 2.05) is 42.5 Å². The molecule has 0 aliphatic carbocycles. The van der Waals surface area contributed by atoms with Gasteiger partial charge in [-0.05, 0) is 42.5 Å². The molecule has 1 heterocycles. The van der Waals surface area contributed by atoms with Gasteiger partial charge in [-0.15, -0.1) is 0 Å². The van der Waals surface area contributed by atoms with Crippen LogP contribution < -0.4 is 15.4 Å². The van der Waals surface area contributed by atoms with Crippen LogP contribution >= 0.6 is 0 Å². The van der Waals surface area contributed by atoms with Crippen LogP contribution in [0.25, 0.3) is 22.2 Å². The van der Waals surface area contributed by atoms with Gasteiger partial charge in [0.05, 0.1) is 23.9 Å². The van der Waals surface area contributed by atoms with Gasteiger partial charge in [0.15, 0.2) is 0 Å². The third-order valence-corrected chi connectivity index (χ3v) is 4.77. The molecule has 0 aliphatic rings. The van der Waals surface area contributed by atoms with Crippen LogP contribution in [0.1, 0.15) is 17.3 Å². The zero-order valence-electron chi connectivity index (χ0n) is 17.2. The number of hydrogen-bond donors (Lipinski definition) is 2. The Morgan fingerprint density at radius 2 is 1.58 bits per heavy atom. The lowest BCUT2D eigenvalue weighted by atomic mass is 10.0.